The molecule has 8 heteroatoms. The molecule has 0 aliphatic heterocycles. The Labute approximate surface area is 204 Å². The first kappa shape index (κ1) is 22.8. The van der Waals surface area contributed by atoms with Gasteiger partial charge in [-0.1, -0.05) is 12.1 Å². The van der Waals surface area contributed by atoms with Gasteiger partial charge in [-0.15, -0.1) is 0 Å². The Morgan fingerprint density at radius 2 is 1.91 bits per heavy atom. The van der Waals surface area contributed by atoms with Crippen molar-refractivity contribution in [2.24, 2.45) is 7.05 Å². The molecule has 5 rings (SSSR count). The number of carbonyl (C=O) groups excluding carboxylic acids is 1. The van der Waals surface area contributed by atoms with Crippen LogP contribution >= 0.6 is 0 Å². The molecule has 0 radical (unpaired) electrons. The number of hydrogen-bond acceptors (Lipinski definition) is 5. The van der Waals surface area contributed by atoms with Crippen molar-refractivity contribution in [3.63, 3.8) is 0 Å². The Morgan fingerprint density at radius 1 is 1.17 bits per heavy atom. The summed E-state index contributed by atoms with van der Waals surface area (Å²) >= 11 is 0. The summed E-state index contributed by atoms with van der Waals surface area (Å²) in [4.78, 5) is 16.3. The largest absolute Gasteiger partial charge is 0.447 e. The minimum absolute atomic E-state index is 0.178. The number of amides is 1. The minimum atomic E-state index is -0.466. The van der Waals surface area contributed by atoms with E-state index < -0.39 is 6.09 Å². The first-order valence-electron chi connectivity index (χ1n) is 12.0. The Bertz CT molecular complexity index is 1380. The quantitative estimate of drug-likeness (QED) is 0.337. The van der Waals surface area contributed by atoms with Gasteiger partial charge in [-0.05, 0) is 64.3 Å². The first-order chi connectivity index (χ1) is 16.8. The van der Waals surface area contributed by atoms with E-state index in [0.29, 0.717) is 17.7 Å². The van der Waals surface area contributed by atoms with Crippen LogP contribution in [0.2, 0.25) is 0 Å². The molecule has 0 atom stereocenters. The average Bonchev–Trinajstić information content (AvgIpc) is 3.24. The normalized spacial score (nSPS) is 13.7. The zero-order valence-electron chi connectivity index (χ0n) is 20.5. The molecule has 2 aromatic heterocycles. The number of nitrogens with zero attached hydrogens (tertiary/aromatic N) is 3. The van der Waals surface area contributed by atoms with Crippen molar-refractivity contribution in [3.8, 4) is 23.0 Å². The fraction of sp³-hybridized carbons (Fsp3) is 0.333. The van der Waals surface area contributed by atoms with E-state index in [1.165, 1.54) is 6.42 Å². The predicted molar refractivity (Wildman–Crippen MR) is 138 cm³/mol. The summed E-state index contributed by atoms with van der Waals surface area (Å²) in [5.41, 5.74) is 12.2. The molecule has 1 aliphatic carbocycles. The standard InChI is InChI=1S/C27H31N5O3/c1-16(2)34-27(33)30-19-10-8-18(9-11-19)25-24(28)22-13-12-21(35-26-29-15-17(3)31(26)4)14-23(22)32(25)20-6-5-7-20/h8-16,20H,5-7,28H2,1-4H3,(H,30,33). The molecule has 0 saturated heterocycles. The number of aromatic nitrogens is 3. The molecule has 1 fully saturated rings. The maximum atomic E-state index is 11.9. The van der Waals surface area contributed by atoms with E-state index >= 15 is 0 Å². The Balaban J connectivity index is 1.52. The zero-order chi connectivity index (χ0) is 24.7. The van der Waals surface area contributed by atoms with Crippen LogP contribution in [0, 0.1) is 6.92 Å². The molecular formula is C27H31N5O3. The van der Waals surface area contributed by atoms with E-state index in [4.69, 9.17) is 15.2 Å². The second kappa shape index (κ2) is 9.02. The third-order valence-corrected chi connectivity index (χ3v) is 6.59. The lowest BCUT2D eigenvalue weighted by molar-refractivity contribution is 0.130. The highest BCUT2D eigenvalue weighted by Crippen LogP contribution is 2.45. The van der Waals surface area contributed by atoms with Crippen molar-refractivity contribution < 1.29 is 14.3 Å². The van der Waals surface area contributed by atoms with Gasteiger partial charge < -0.3 is 24.3 Å². The highest BCUT2D eigenvalue weighted by Gasteiger charge is 2.27. The van der Waals surface area contributed by atoms with Crippen molar-refractivity contribution >= 4 is 28.4 Å². The van der Waals surface area contributed by atoms with E-state index in [9.17, 15) is 4.79 Å². The molecule has 0 bridgehead atoms. The summed E-state index contributed by atoms with van der Waals surface area (Å²) in [5, 5.41) is 3.76. The van der Waals surface area contributed by atoms with E-state index in [2.05, 4.69) is 20.9 Å². The van der Waals surface area contributed by atoms with Crippen molar-refractivity contribution in [1.82, 2.24) is 14.1 Å². The van der Waals surface area contributed by atoms with Crippen LogP contribution in [0.1, 0.15) is 44.8 Å². The molecule has 35 heavy (non-hydrogen) atoms. The second-order valence-electron chi connectivity index (χ2n) is 9.40. The van der Waals surface area contributed by atoms with E-state index in [1.807, 2.05) is 68.8 Å². The minimum Gasteiger partial charge on any atom is -0.447 e. The van der Waals surface area contributed by atoms with Crippen LogP contribution < -0.4 is 15.8 Å². The first-order valence-corrected chi connectivity index (χ1v) is 12.0. The van der Waals surface area contributed by atoms with Gasteiger partial charge in [0.05, 0.1) is 29.2 Å². The molecule has 1 saturated carbocycles. The van der Waals surface area contributed by atoms with E-state index in [0.717, 1.165) is 52.1 Å². The molecule has 182 valence electrons. The highest BCUT2D eigenvalue weighted by molar-refractivity contribution is 6.01. The van der Waals surface area contributed by atoms with Crippen LogP contribution in [0.3, 0.4) is 0 Å². The Kier molecular flexibility index (Phi) is 5.88. The molecule has 0 unspecified atom stereocenters. The monoisotopic (exact) mass is 473 g/mol. The number of nitrogen functional groups attached to an aromatic ring is 1. The third kappa shape index (κ3) is 4.32. The van der Waals surface area contributed by atoms with Crippen LogP contribution in [-0.2, 0) is 11.8 Å². The van der Waals surface area contributed by atoms with Crippen molar-refractivity contribution in [1.29, 1.82) is 0 Å². The van der Waals surface area contributed by atoms with E-state index in [1.54, 1.807) is 6.20 Å². The topological polar surface area (TPSA) is 96.3 Å². The number of fused-ring (bicyclic) bond motifs is 1. The molecule has 0 spiro atoms. The summed E-state index contributed by atoms with van der Waals surface area (Å²) in [7, 11) is 1.93. The number of ether oxygens (including phenoxy) is 2. The fourth-order valence-corrected chi connectivity index (χ4v) is 4.44. The molecule has 2 heterocycles. The Hall–Kier alpha value is -3.94. The van der Waals surface area contributed by atoms with Crippen LogP contribution in [0.5, 0.6) is 11.8 Å². The molecule has 8 nitrogen and oxygen atoms in total. The van der Waals surface area contributed by atoms with Crippen molar-refractivity contribution in [3.05, 3.63) is 54.4 Å². The molecule has 1 aliphatic rings. The highest BCUT2D eigenvalue weighted by atomic mass is 16.6. The third-order valence-electron chi connectivity index (χ3n) is 6.59. The number of hydrogen-bond donors (Lipinski definition) is 2. The summed E-state index contributed by atoms with van der Waals surface area (Å²) in [6, 6.07) is 14.7. The van der Waals surface area contributed by atoms with Gasteiger partial charge in [-0.3, -0.25) is 5.32 Å². The van der Waals surface area contributed by atoms with Gasteiger partial charge in [0.1, 0.15) is 5.75 Å². The number of benzene rings is 2. The lowest BCUT2D eigenvalue weighted by atomic mass is 9.92. The number of rotatable bonds is 6. The van der Waals surface area contributed by atoms with Crippen LogP contribution in [0.15, 0.2) is 48.7 Å². The van der Waals surface area contributed by atoms with Gasteiger partial charge in [0.15, 0.2) is 0 Å². The summed E-state index contributed by atoms with van der Waals surface area (Å²) < 4.78 is 15.5. The maximum Gasteiger partial charge on any atom is 0.411 e. The van der Waals surface area contributed by atoms with Crippen LogP contribution in [0.25, 0.3) is 22.2 Å². The van der Waals surface area contributed by atoms with Gasteiger partial charge in [0, 0.05) is 41.5 Å². The Morgan fingerprint density at radius 3 is 2.51 bits per heavy atom. The number of imidazole rings is 1. The van der Waals surface area contributed by atoms with E-state index in [-0.39, 0.29) is 6.10 Å². The van der Waals surface area contributed by atoms with Crippen molar-refractivity contribution in [2.45, 2.75) is 52.2 Å². The second-order valence-corrected chi connectivity index (χ2v) is 9.40. The number of anilines is 2. The van der Waals surface area contributed by atoms with Gasteiger partial charge in [-0.2, -0.15) is 0 Å². The lowest BCUT2D eigenvalue weighted by Crippen LogP contribution is -2.18. The number of aryl methyl sites for hydroxylation is 1. The van der Waals surface area contributed by atoms with Gasteiger partial charge in [-0.25, -0.2) is 9.78 Å². The van der Waals surface area contributed by atoms with Crippen LogP contribution in [-0.4, -0.2) is 26.3 Å². The predicted octanol–water partition coefficient (Wildman–Crippen LogP) is 6.41. The van der Waals surface area contributed by atoms with Crippen molar-refractivity contribution in [2.75, 3.05) is 11.1 Å². The molecule has 4 aromatic rings. The number of nitrogens with one attached hydrogen (secondary N) is 1. The SMILES string of the molecule is Cc1cnc(Oc2ccc3c(N)c(-c4ccc(NC(=O)OC(C)C)cc4)n(C4CCC4)c3c2)n1C. The van der Waals surface area contributed by atoms with Gasteiger partial charge >= 0.3 is 12.1 Å². The maximum absolute atomic E-state index is 11.9. The summed E-state index contributed by atoms with van der Waals surface area (Å²) in [6.45, 7) is 5.63. The van der Waals surface area contributed by atoms with Gasteiger partial charge in [0.25, 0.3) is 0 Å². The molecule has 1 amide bonds. The molecule has 2 aromatic carbocycles. The summed E-state index contributed by atoms with van der Waals surface area (Å²) in [5.74, 6) is 0.721. The van der Waals surface area contributed by atoms with Gasteiger partial charge in [0.2, 0.25) is 0 Å². The number of carbonyl (C=O) groups is 1. The number of nitrogens with two attached hydrogens (primary N) is 1. The smallest absolute Gasteiger partial charge is 0.411 e. The van der Waals surface area contributed by atoms with Crippen LogP contribution in [0.4, 0.5) is 16.2 Å². The average molecular weight is 474 g/mol. The lowest BCUT2D eigenvalue weighted by Gasteiger charge is -2.30. The zero-order valence-corrected chi connectivity index (χ0v) is 20.5. The fourth-order valence-electron chi connectivity index (χ4n) is 4.44. The molecular weight excluding hydrogens is 442 g/mol. The molecule has 3 N–H and O–H groups in total. The summed E-state index contributed by atoms with van der Waals surface area (Å²) in [6.07, 6.45) is 4.57.